The summed E-state index contributed by atoms with van der Waals surface area (Å²) >= 11 is 1.79. The molecule has 1 saturated heterocycles. The monoisotopic (exact) mass is 515 g/mol. The molecule has 7 nitrogen and oxygen atoms in total. The largest absolute Gasteiger partial charge is 0.348 e. The van der Waals surface area contributed by atoms with Crippen molar-refractivity contribution in [3.63, 3.8) is 0 Å². The predicted octanol–water partition coefficient (Wildman–Crippen LogP) is 4.16. The number of carbonyl (C=O) groups excluding carboxylic acids is 1. The smallest absolute Gasteiger partial charge is 0.267 e. The number of amides is 1. The molecule has 8 heteroatoms. The quantitative estimate of drug-likeness (QED) is 0.530. The van der Waals surface area contributed by atoms with Crippen LogP contribution in [0.2, 0.25) is 0 Å². The average molecular weight is 516 g/mol. The molecule has 4 heterocycles. The minimum absolute atomic E-state index is 0.0864. The highest BCUT2D eigenvalue weighted by molar-refractivity contribution is 7.99. The minimum Gasteiger partial charge on any atom is -0.348 e. The van der Waals surface area contributed by atoms with Crippen LogP contribution in [0.25, 0.3) is 5.52 Å². The first kappa shape index (κ1) is 25.5. The van der Waals surface area contributed by atoms with Crippen molar-refractivity contribution in [2.45, 2.75) is 61.8 Å². The number of pyridine rings is 3. The summed E-state index contributed by atoms with van der Waals surface area (Å²) < 4.78 is 1.59. The van der Waals surface area contributed by atoms with Gasteiger partial charge >= 0.3 is 0 Å². The number of piperidine rings is 1. The van der Waals surface area contributed by atoms with Gasteiger partial charge in [0.25, 0.3) is 11.5 Å². The van der Waals surface area contributed by atoms with Crippen molar-refractivity contribution in [3.8, 4) is 6.07 Å². The Morgan fingerprint density at radius 1 is 1.19 bits per heavy atom. The summed E-state index contributed by atoms with van der Waals surface area (Å²) in [5.74, 6) is -0.284. The van der Waals surface area contributed by atoms with Crippen LogP contribution in [0.15, 0.2) is 59.7 Å². The average Bonchev–Trinajstić information content (AvgIpc) is 2.96. The number of likely N-dealkylation sites (tertiary alicyclic amines) is 1. The van der Waals surface area contributed by atoms with Crippen LogP contribution in [-0.2, 0) is 12.0 Å². The highest BCUT2D eigenvalue weighted by Gasteiger charge is 2.38. The zero-order valence-electron chi connectivity index (χ0n) is 21.2. The molecule has 37 heavy (non-hydrogen) atoms. The molecule has 3 aromatic rings. The Kier molecular flexibility index (Phi) is 7.63. The van der Waals surface area contributed by atoms with Crippen molar-refractivity contribution in [3.05, 3.63) is 82.0 Å². The van der Waals surface area contributed by atoms with Gasteiger partial charge in [-0.05, 0) is 67.8 Å². The van der Waals surface area contributed by atoms with E-state index in [0.29, 0.717) is 24.6 Å². The molecule has 0 bridgehead atoms. The highest BCUT2D eigenvalue weighted by Crippen LogP contribution is 2.34. The van der Waals surface area contributed by atoms with E-state index >= 15 is 0 Å². The predicted molar refractivity (Wildman–Crippen MR) is 147 cm³/mol. The summed E-state index contributed by atoms with van der Waals surface area (Å²) in [5.41, 5.74) is 1.92. The second kappa shape index (κ2) is 11.1. The molecule has 1 saturated carbocycles. The van der Waals surface area contributed by atoms with Gasteiger partial charge in [-0.2, -0.15) is 17.0 Å². The Balaban J connectivity index is 1.39. The Hall–Kier alpha value is -3.15. The van der Waals surface area contributed by atoms with Crippen molar-refractivity contribution < 1.29 is 4.79 Å². The van der Waals surface area contributed by atoms with Crippen LogP contribution >= 0.6 is 11.8 Å². The topological polar surface area (TPSA) is 90.5 Å². The van der Waals surface area contributed by atoms with E-state index in [9.17, 15) is 14.9 Å². The molecule has 1 aliphatic carbocycles. The maximum absolute atomic E-state index is 13.4. The number of hydrogen-bond donors (Lipinski definition) is 1. The standard InChI is InChI=1S/C29H33N5O2S/c1-37-25-10-3-2-8-23(25)32-27(35)22-18-21(24-9-5-7-15-34(24)28(22)36)19-33-16-12-29(20-30,13-17-33)26-11-4-6-14-31-26/h4-7,9,11,14-15,18,23,25H,2-3,8,10,12-13,16-17,19H2,1H3,(H,32,35)/t23-,25-/m0/s1. The van der Waals surface area contributed by atoms with Crippen LogP contribution in [-0.4, -0.2) is 50.8 Å². The molecule has 1 aliphatic heterocycles. The van der Waals surface area contributed by atoms with Gasteiger partial charge in [0.05, 0.1) is 17.3 Å². The molecule has 2 fully saturated rings. The van der Waals surface area contributed by atoms with E-state index in [-0.39, 0.29) is 23.1 Å². The number of aromatic nitrogens is 2. The Morgan fingerprint density at radius 2 is 1.97 bits per heavy atom. The number of hydrogen-bond acceptors (Lipinski definition) is 6. The maximum atomic E-state index is 13.4. The molecule has 0 aromatic carbocycles. The third-order valence-electron chi connectivity index (χ3n) is 8.00. The third kappa shape index (κ3) is 5.16. The molecular weight excluding hydrogens is 482 g/mol. The third-order valence-corrected chi connectivity index (χ3v) is 9.17. The van der Waals surface area contributed by atoms with Crippen molar-refractivity contribution in [2.24, 2.45) is 0 Å². The van der Waals surface area contributed by atoms with E-state index in [0.717, 1.165) is 49.1 Å². The fraction of sp³-hybridized carbons (Fsp3) is 0.448. The Morgan fingerprint density at radius 3 is 2.70 bits per heavy atom. The van der Waals surface area contributed by atoms with Crippen molar-refractivity contribution in [1.82, 2.24) is 19.6 Å². The van der Waals surface area contributed by atoms with Crippen molar-refractivity contribution in [1.29, 1.82) is 5.26 Å². The maximum Gasteiger partial charge on any atom is 0.267 e. The van der Waals surface area contributed by atoms with Gasteiger partial charge in [-0.3, -0.25) is 23.9 Å². The van der Waals surface area contributed by atoms with E-state index in [1.165, 1.54) is 6.42 Å². The number of fused-ring (bicyclic) bond motifs is 1. The lowest BCUT2D eigenvalue weighted by Gasteiger charge is -2.37. The normalized spacial score (nSPS) is 21.8. The van der Waals surface area contributed by atoms with Gasteiger partial charge in [-0.1, -0.05) is 25.0 Å². The van der Waals surface area contributed by atoms with Gasteiger partial charge in [0.2, 0.25) is 0 Å². The lowest BCUT2D eigenvalue weighted by atomic mass is 9.76. The summed E-state index contributed by atoms with van der Waals surface area (Å²) in [7, 11) is 0. The molecule has 1 amide bonds. The van der Waals surface area contributed by atoms with E-state index < -0.39 is 5.41 Å². The van der Waals surface area contributed by atoms with Crippen LogP contribution in [0.1, 0.15) is 60.1 Å². The lowest BCUT2D eigenvalue weighted by molar-refractivity contribution is 0.0927. The van der Waals surface area contributed by atoms with E-state index in [4.69, 9.17) is 0 Å². The Labute approximate surface area is 221 Å². The second-order valence-electron chi connectivity index (χ2n) is 10.2. The molecule has 3 aromatic heterocycles. The summed E-state index contributed by atoms with van der Waals surface area (Å²) in [4.78, 5) is 33.5. The number of nitrogens with one attached hydrogen (secondary N) is 1. The molecule has 0 spiro atoms. The minimum atomic E-state index is -0.577. The zero-order chi connectivity index (χ0) is 25.8. The van der Waals surface area contributed by atoms with Crippen LogP contribution < -0.4 is 10.9 Å². The molecule has 1 N–H and O–H groups in total. The number of nitrogens with zero attached hydrogens (tertiary/aromatic N) is 4. The van der Waals surface area contributed by atoms with Crippen molar-refractivity contribution >= 4 is 23.2 Å². The van der Waals surface area contributed by atoms with Crippen molar-refractivity contribution in [2.75, 3.05) is 19.3 Å². The van der Waals surface area contributed by atoms with Crippen LogP contribution in [0.3, 0.4) is 0 Å². The fourth-order valence-corrected chi connectivity index (χ4v) is 6.74. The van der Waals surface area contributed by atoms with Crippen LogP contribution in [0.4, 0.5) is 0 Å². The van der Waals surface area contributed by atoms with Crippen LogP contribution in [0.5, 0.6) is 0 Å². The molecular formula is C29H33N5O2S. The van der Waals surface area contributed by atoms with Gasteiger partial charge in [-0.15, -0.1) is 0 Å². The summed E-state index contributed by atoms with van der Waals surface area (Å²) in [6.45, 7) is 2.08. The first-order valence-electron chi connectivity index (χ1n) is 13.1. The molecule has 2 aliphatic rings. The fourth-order valence-electron chi connectivity index (χ4n) is 5.81. The SMILES string of the molecule is CS[C@H]1CCCC[C@@H]1NC(=O)c1cc(CN2CCC(C#N)(c3ccccn3)CC2)c2ccccn2c1=O. The lowest BCUT2D eigenvalue weighted by Crippen LogP contribution is -2.45. The van der Waals surface area contributed by atoms with E-state index in [1.54, 1.807) is 34.6 Å². The zero-order valence-corrected chi connectivity index (χ0v) is 22.0. The molecule has 192 valence electrons. The van der Waals surface area contributed by atoms with Gasteiger partial charge in [0.1, 0.15) is 11.0 Å². The van der Waals surface area contributed by atoms with Gasteiger partial charge in [0, 0.05) is 43.3 Å². The number of nitriles is 1. The van der Waals surface area contributed by atoms with Gasteiger partial charge in [0.15, 0.2) is 0 Å². The first-order valence-corrected chi connectivity index (χ1v) is 14.4. The number of carbonyl (C=O) groups is 1. The van der Waals surface area contributed by atoms with Crippen LogP contribution in [0, 0.1) is 11.3 Å². The molecule has 5 rings (SSSR count). The van der Waals surface area contributed by atoms with E-state index in [2.05, 4.69) is 27.5 Å². The summed E-state index contributed by atoms with van der Waals surface area (Å²) in [6, 6.07) is 15.8. The Bertz CT molecular complexity index is 1360. The number of thioether (sulfide) groups is 1. The summed E-state index contributed by atoms with van der Waals surface area (Å²) in [5, 5.41) is 13.6. The first-order chi connectivity index (χ1) is 18.0. The molecule has 0 unspecified atom stereocenters. The molecule has 2 atom stereocenters. The molecule has 0 radical (unpaired) electrons. The van der Waals surface area contributed by atoms with Gasteiger partial charge in [-0.25, -0.2) is 0 Å². The summed E-state index contributed by atoms with van der Waals surface area (Å²) in [6.07, 6.45) is 11.3. The second-order valence-corrected chi connectivity index (χ2v) is 11.2. The van der Waals surface area contributed by atoms with E-state index in [1.807, 2.05) is 36.4 Å². The van der Waals surface area contributed by atoms with Gasteiger partial charge < -0.3 is 5.32 Å². The number of rotatable bonds is 6. The highest BCUT2D eigenvalue weighted by atomic mass is 32.2.